The first kappa shape index (κ1) is 19.8. The summed E-state index contributed by atoms with van der Waals surface area (Å²) in [6.45, 7) is 3.59. The normalized spacial score (nSPS) is 11.2. The number of nitrogens with one attached hydrogen (secondary N) is 2. The van der Waals surface area contributed by atoms with Gasteiger partial charge in [-0.05, 0) is 43.2 Å². The SMILES string of the molecule is Cc1cc(C)c(NC(=O)CC(=O)Nc2ccccc2C(F)(F)F)c(Cl)c1. The number of benzene rings is 2. The van der Waals surface area contributed by atoms with Crippen molar-refractivity contribution in [3.63, 3.8) is 0 Å². The summed E-state index contributed by atoms with van der Waals surface area (Å²) in [6, 6.07) is 8.02. The minimum Gasteiger partial charge on any atom is -0.325 e. The standard InChI is InChI=1S/C18H16ClF3N2O2/c1-10-7-11(2)17(13(19)8-10)24-16(26)9-15(25)23-14-6-4-3-5-12(14)18(20,21)22/h3-8H,9H2,1-2H3,(H,23,25)(H,24,26). The first-order valence-corrected chi connectivity index (χ1v) is 7.98. The molecule has 0 atom stereocenters. The van der Waals surface area contributed by atoms with Gasteiger partial charge in [0.1, 0.15) is 6.42 Å². The van der Waals surface area contributed by atoms with Crippen molar-refractivity contribution < 1.29 is 22.8 Å². The highest BCUT2D eigenvalue weighted by Gasteiger charge is 2.33. The molecule has 2 aromatic rings. The van der Waals surface area contributed by atoms with E-state index in [9.17, 15) is 22.8 Å². The number of hydrogen-bond acceptors (Lipinski definition) is 2. The molecule has 2 aromatic carbocycles. The summed E-state index contributed by atoms with van der Waals surface area (Å²) >= 11 is 6.08. The fourth-order valence-electron chi connectivity index (χ4n) is 2.44. The molecule has 0 aliphatic carbocycles. The summed E-state index contributed by atoms with van der Waals surface area (Å²) in [5, 5.41) is 4.95. The maximum Gasteiger partial charge on any atom is 0.418 e. The fourth-order valence-corrected chi connectivity index (χ4v) is 2.81. The predicted molar refractivity (Wildman–Crippen MR) is 94.2 cm³/mol. The molecule has 0 radical (unpaired) electrons. The molecule has 0 saturated carbocycles. The van der Waals surface area contributed by atoms with Crippen LogP contribution >= 0.6 is 11.6 Å². The molecule has 138 valence electrons. The molecule has 2 rings (SSSR count). The number of carbonyl (C=O) groups is 2. The van der Waals surface area contributed by atoms with Gasteiger partial charge in [0.2, 0.25) is 11.8 Å². The van der Waals surface area contributed by atoms with Gasteiger partial charge in [-0.1, -0.05) is 29.8 Å². The molecule has 0 unspecified atom stereocenters. The van der Waals surface area contributed by atoms with Crippen molar-refractivity contribution in [1.29, 1.82) is 0 Å². The van der Waals surface area contributed by atoms with E-state index in [0.717, 1.165) is 17.7 Å². The second-order valence-electron chi connectivity index (χ2n) is 5.76. The van der Waals surface area contributed by atoms with Gasteiger partial charge in [-0.25, -0.2) is 0 Å². The van der Waals surface area contributed by atoms with Crippen LogP contribution in [0.5, 0.6) is 0 Å². The number of aryl methyl sites for hydroxylation is 2. The molecule has 0 aromatic heterocycles. The summed E-state index contributed by atoms with van der Waals surface area (Å²) in [7, 11) is 0. The van der Waals surface area contributed by atoms with Crippen molar-refractivity contribution in [2.75, 3.05) is 10.6 Å². The molecule has 2 amide bonds. The molecule has 0 aliphatic rings. The lowest BCUT2D eigenvalue weighted by molar-refractivity contribution is -0.137. The highest BCUT2D eigenvalue weighted by molar-refractivity contribution is 6.34. The average Bonchev–Trinajstić information content (AvgIpc) is 2.50. The van der Waals surface area contributed by atoms with Crippen LogP contribution in [0.15, 0.2) is 36.4 Å². The molecule has 2 N–H and O–H groups in total. The number of halogens is 4. The number of para-hydroxylation sites is 1. The van der Waals surface area contributed by atoms with Crippen molar-refractivity contribution in [2.45, 2.75) is 26.4 Å². The Morgan fingerprint density at radius 1 is 1.04 bits per heavy atom. The zero-order valence-corrected chi connectivity index (χ0v) is 14.8. The topological polar surface area (TPSA) is 58.2 Å². The number of anilines is 2. The van der Waals surface area contributed by atoms with E-state index < -0.39 is 35.7 Å². The van der Waals surface area contributed by atoms with Crippen LogP contribution in [0.3, 0.4) is 0 Å². The predicted octanol–water partition coefficient (Wildman–Crippen LogP) is 4.94. The van der Waals surface area contributed by atoms with Crippen LogP contribution in [0.25, 0.3) is 0 Å². The van der Waals surface area contributed by atoms with Gasteiger partial charge in [-0.3, -0.25) is 9.59 Å². The molecule has 0 bridgehead atoms. The monoisotopic (exact) mass is 384 g/mol. The molecule has 8 heteroatoms. The van der Waals surface area contributed by atoms with Crippen LogP contribution in [0.1, 0.15) is 23.1 Å². The van der Waals surface area contributed by atoms with Crippen LogP contribution in [0, 0.1) is 13.8 Å². The van der Waals surface area contributed by atoms with Crippen LogP contribution in [-0.4, -0.2) is 11.8 Å². The zero-order chi connectivity index (χ0) is 19.5. The Hall–Kier alpha value is -2.54. The molecule has 0 fully saturated rings. The van der Waals surface area contributed by atoms with Gasteiger partial charge in [0.25, 0.3) is 0 Å². The van der Waals surface area contributed by atoms with Gasteiger partial charge in [-0.15, -0.1) is 0 Å². The molecule has 4 nitrogen and oxygen atoms in total. The molecule has 0 saturated heterocycles. The first-order chi connectivity index (χ1) is 12.1. The smallest absolute Gasteiger partial charge is 0.325 e. The Bertz CT molecular complexity index is 828. The lowest BCUT2D eigenvalue weighted by Crippen LogP contribution is -2.23. The molecular formula is C18H16ClF3N2O2. The Morgan fingerprint density at radius 3 is 2.27 bits per heavy atom. The van der Waals surface area contributed by atoms with Crippen molar-refractivity contribution >= 4 is 34.8 Å². The van der Waals surface area contributed by atoms with Gasteiger partial charge in [-0.2, -0.15) is 13.2 Å². The number of rotatable bonds is 4. The van der Waals surface area contributed by atoms with Crippen LogP contribution in [-0.2, 0) is 15.8 Å². The van der Waals surface area contributed by atoms with Crippen molar-refractivity contribution in [3.05, 3.63) is 58.1 Å². The number of amides is 2. The van der Waals surface area contributed by atoms with Gasteiger partial charge < -0.3 is 10.6 Å². The number of alkyl halides is 3. The summed E-state index contributed by atoms with van der Waals surface area (Å²) < 4.78 is 38.8. The Balaban J connectivity index is 2.07. The summed E-state index contributed by atoms with van der Waals surface area (Å²) in [6.07, 6.45) is -5.26. The summed E-state index contributed by atoms with van der Waals surface area (Å²) in [4.78, 5) is 24.0. The van der Waals surface area contributed by atoms with Crippen molar-refractivity contribution in [2.24, 2.45) is 0 Å². The van der Waals surface area contributed by atoms with Crippen molar-refractivity contribution in [1.82, 2.24) is 0 Å². The quantitative estimate of drug-likeness (QED) is 0.733. The van der Waals surface area contributed by atoms with E-state index in [1.807, 2.05) is 6.92 Å². The number of hydrogen-bond donors (Lipinski definition) is 2. The lowest BCUT2D eigenvalue weighted by Gasteiger charge is -2.14. The Labute approximate surface area is 153 Å². The van der Waals surface area contributed by atoms with E-state index in [1.54, 1.807) is 19.1 Å². The largest absolute Gasteiger partial charge is 0.418 e. The second-order valence-corrected chi connectivity index (χ2v) is 6.16. The minimum absolute atomic E-state index is 0.318. The maximum absolute atomic E-state index is 12.9. The molecular weight excluding hydrogens is 369 g/mol. The molecule has 0 heterocycles. The van der Waals surface area contributed by atoms with E-state index in [1.165, 1.54) is 12.1 Å². The third-order valence-corrected chi connectivity index (χ3v) is 3.82. The summed E-state index contributed by atoms with van der Waals surface area (Å²) in [5.41, 5.74) is 0.609. The van der Waals surface area contributed by atoms with Gasteiger partial charge in [0.05, 0.1) is 22.0 Å². The third-order valence-electron chi connectivity index (χ3n) is 3.52. The molecule has 0 spiro atoms. The van der Waals surface area contributed by atoms with E-state index in [0.29, 0.717) is 16.3 Å². The number of carbonyl (C=O) groups excluding carboxylic acids is 2. The third kappa shape index (κ3) is 4.98. The van der Waals surface area contributed by atoms with Crippen LogP contribution in [0.4, 0.5) is 24.5 Å². The van der Waals surface area contributed by atoms with E-state index in [4.69, 9.17) is 11.6 Å². The van der Waals surface area contributed by atoms with E-state index in [2.05, 4.69) is 10.6 Å². The average molecular weight is 385 g/mol. The zero-order valence-electron chi connectivity index (χ0n) is 14.0. The van der Waals surface area contributed by atoms with Crippen LogP contribution < -0.4 is 10.6 Å². The van der Waals surface area contributed by atoms with Crippen LogP contribution in [0.2, 0.25) is 5.02 Å². The van der Waals surface area contributed by atoms with Gasteiger partial charge >= 0.3 is 6.18 Å². The minimum atomic E-state index is -4.61. The van der Waals surface area contributed by atoms with E-state index >= 15 is 0 Å². The highest BCUT2D eigenvalue weighted by atomic mass is 35.5. The summed E-state index contributed by atoms with van der Waals surface area (Å²) in [5.74, 6) is -1.54. The van der Waals surface area contributed by atoms with Gasteiger partial charge in [0.15, 0.2) is 0 Å². The highest BCUT2D eigenvalue weighted by Crippen LogP contribution is 2.34. The Morgan fingerprint density at radius 2 is 1.65 bits per heavy atom. The van der Waals surface area contributed by atoms with E-state index in [-0.39, 0.29) is 0 Å². The van der Waals surface area contributed by atoms with Gasteiger partial charge in [0, 0.05) is 0 Å². The maximum atomic E-state index is 12.9. The molecule has 0 aliphatic heterocycles. The second kappa shape index (κ2) is 7.78. The Kier molecular flexibility index (Phi) is 5.92. The lowest BCUT2D eigenvalue weighted by atomic mass is 10.1. The fraction of sp³-hybridized carbons (Fsp3) is 0.222. The van der Waals surface area contributed by atoms with Crippen molar-refractivity contribution in [3.8, 4) is 0 Å². The first-order valence-electron chi connectivity index (χ1n) is 7.60. The molecule has 26 heavy (non-hydrogen) atoms.